The van der Waals surface area contributed by atoms with Crippen LogP contribution in [0.3, 0.4) is 0 Å². The number of nitrogens with zero attached hydrogens (tertiary/aromatic N) is 5. The van der Waals surface area contributed by atoms with Crippen molar-refractivity contribution in [3.8, 4) is 0 Å². The minimum absolute atomic E-state index is 0.0167. The number of likely N-dealkylation sites (tertiary alicyclic amines) is 1. The number of benzene rings is 14. The van der Waals surface area contributed by atoms with Gasteiger partial charge in [-0.05, 0) is 303 Å². The van der Waals surface area contributed by atoms with Gasteiger partial charge in [-0.25, -0.2) is 40.7 Å². The first-order chi connectivity index (χ1) is 64.9. The summed E-state index contributed by atoms with van der Waals surface area (Å²) in [6.45, 7) is 5.97. The highest BCUT2D eigenvalue weighted by molar-refractivity contribution is 8.24. The van der Waals surface area contributed by atoms with E-state index in [1.54, 1.807) is 121 Å². The van der Waals surface area contributed by atoms with Crippen LogP contribution in [0.25, 0.3) is 0 Å². The maximum atomic E-state index is 13.8. The number of amides is 1. The van der Waals surface area contributed by atoms with Crippen molar-refractivity contribution in [2.45, 2.75) is 116 Å². The van der Waals surface area contributed by atoms with Crippen molar-refractivity contribution in [3.05, 3.63) is 410 Å². The number of hydrogen-bond donors (Lipinski definition) is 4. The molecule has 0 unspecified atom stereocenters. The number of aliphatic imine (C=N–C) groups is 2. The largest absolute Gasteiger partial charge is 0.398 e. The molecule has 696 valence electrons. The van der Waals surface area contributed by atoms with Crippen LogP contribution < -0.4 is 16.4 Å². The van der Waals surface area contributed by atoms with Crippen LogP contribution in [0, 0.1) is 60.9 Å². The van der Waals surface area contributed by atoms with Gasteiger partial charge < -0.3 is 21.3 Å². The minimum atomic E-state index is -3.22. The van der Waals surface area contributed by atoms with Gasteiger partial charge in [0.15, 0.2) is 5.78 Å². The number of para-hydroxylation sites is 6. The predicted octanol–water partition coefficient (Wildman–Crippen LogP) is 32.5. The number of thiol groups is 1. The number of piperidine rings is 2. The molecule has 5 aliphatic rings. The zero-order valence-corrected chi connectivity index (χ0v) is 81.9. The van der Waals surface area contributed by atoms with E-state index in [1.165, 1.54) is 203 Å². The van der Waals surface area contributed by atoms with E-state index in [-0.39, 0.29) is 68.8 Å². The second kappa shape index (κ2) is 55.1. The number of Topliss-reactive ketones (excluding diaryl/α,β-unsaturated/α-hetero) is 1. The quantitative estimate of drug-likeness (QED) is 0.0264. The minimum Gasteiger partial charge on any atom is -0.398 e. The summed E-state index contributed by atoms with van der Waals surface area (Å²) >= 11 is 38.4. The van der Waals surface area contributed by atoms with Gasteiger partial charge in [-0.1, -0.05) is 191 Å². The number of ketones is 1. The number of carbonyl (C=O) groups excluding carboxylic acids is 2. The van der Waals surface area contributed by atoms with E-state index in [4.69, 9.17) is 33.9 Å². The zero-order chi connectivity index (χ0) is 96.8. The van der Waals surface area contributed by atoms with E-state index in [9.17, 15) is 65.1 Å². The molecule has 0 saturated carbocycles. The molecule has 135 heavy (non-hydrogen) atoms. The Morgan fingerprint density at radius 3 is 1.32 bits per heavy atom. The number of nitrogens with one attached hydrogen (secondary N) is 2. The number of nitrogen functional groups attached to an aromatic ring is 1. The number of hydrogen-bond acceptors (Lipinski definition) is 19. The van der Waals surface area contributed by atoms with Crippen LogP contribution in [-0.2, 0) is 15.8 Å². The molecule has 0 aromatic heterocycles. The molecule has 19 rings (SSSR count). The third-order valence-corrected chi connectivity index (χ3v) is 26.4. The summed E-state index contributed by atoms with van der Waals surface area (Å²) in [6, 6.07) is 89.9. The number of fused-ring (bicyclic) bond motifs is 6. The highest BCUT2D eigenvalue weighted by atomic mass is 36.0. The molecule has 0 aliphatic carbocycles. The molecule has 35 heteroatoms. The fraction of sp³-hybridized carbons (Fsp3) is 0.120. The van der Waals surface area contributed by atoms with Gasteiger partial charge in [0, 0.05) is 120 Å². The Hall–Kier alpha value is -10.4. The average Bonchev–Trinajstić information content (AvgIpc) is 1.68. The molecule has 4 N–H and O–H groups in total. The van der Waals surface area contributed by atoms with Crippen LogP contribution in [0.2, 0.25) is 5.02 Å². The van der Waals surface area contributed by atoms with Crippen molar-refractivity contribution in [1.82, 2.24) is 10.2 Å². The molecule has 5 heterocycles. The third-order valence-electron chi connectivity index (χ3n) is 18.8. The average molecular weight is 2070 g/mol. The molecule has 0 atom stereocenters. The van der Waals surface area contributed by atoms with Crippen LogP contribution in [0.5, 0.6) is 0 Å². The molecule has 14 aromatic carbocycles. The number of carbonyl (C=O) groups is 2. The number of nitro benzene ring substituents is 2. The van der Waals surface area contributed by atoms with Crippen molar-refractivity contribution < 1.29 is 54.7 Å². The molecule has 14 aromatic rings. The Labute approximate surface area is 832 Å². The lowest BCUT2D eigenvalue weighted by Gasteiger charge is -2.30. The lowest BCUT2D eigenvalue weighted by atomic mass is 10.0. The fourth-order valence-electron chi connectivity index (χ4n) is 12.5. The second-order valence-corrected chi connectivity index (χ2v) is 43.3. The summed E-state index contributed by atoms with van der Waals surface area (Å²) in [7, 11) is 0. The van der Waals surface area contributed by atoms with Gasteiger partial charge in [0.05, 0.1) is 31.8 Å². The normalized spacial score (nSPS) is 12.8. The van der Waals surface area contributed by atoms with Crippen molar-refractivity contribution in [2.75, 3.05) is 37.2 Å². The number of nitrogens with two attached hydrogens (primary N) is 1. The number of anilines is 2. The molecule has 0 radical (unpaired) electrons. The van der Waals surface area contributed by atoms with Crippen LogP contribution in [0.15, 0.2) is 395 Å². The molecule has 1 amide bonds. The SMILES string of the molecule is C1CCNCC1.CC(=O)Nc1ccccc1Sc1ccc(F)cc1.Fc1ccc(S)cc1.Fc1ccc2c(c1)C(Cl)=Nc1ccccc1S2.Fc1ccc2c(c1)C(N1CCCCC1)=Nc1ccccc1S2.Nc1ccccc1Sc1ccc(F)cc1.O=C1Cc2ccccc2Sc2ccc(F)cc21.O=P(Cl)(Cl)Cl.O=[N+]([O-])c1ccccc1Cl.O=[N+]([O-])c1ccccc1Sc1ccc(F)cc1. The van der Waals surface area contributed by atoms with E-state index < -0.39 is 15.0 Å². The maximum Gasteiger partial charge on any atom is 0.339 e. The first-order valence-electron chi connectivity index (χ1n) is 41.1. The zero-order valence-electron chi connectivity index (χ0n) is 71.4. The summed E-state index contributed by atoms with van der Waals surface area (Å²) in [6.07, 6.45) is 8.19. The van der Waals surface area contributed by atoms with Gasteiger partial charge >= 0.3 is 5.20 Å². The van der Waals surface area contributed by atoms with Crippen LogP contribution in [-0.4, -0.2) is 63.6 Å². The van der Waals surface area contributed by atoms with E-state index in [2.05, 4.69) is 72.9 Å². The highest BCUT2D eigenvalue weighted by Crippen LogP contribution is 2.61. The molecular formula is C100H83Cl5F7N8O7PS7. The lowest BCUT2D eigenvalue weighted by molar-refractivity contribution is -0.387. The van der Waals surface area contributed by atoms with Gasteiger partial charge in [0.1, 0.15) is 56.7 Å². The molecule has 0 bridgehead atoms. The standard InChI is InChI=1S/C18H17FN2S.C14H12FNOS.C14H9FOS.C13H7ClFNS.C12H8FNO2S.C12H10FNS.C6H4ClNO2.C6H5FS.C5H11N.Cl3OP/c19-13-8-9-16-14(12-13)18(21-10-4-1-5-11-21)20-15-6-2-3-7-17(15)22-16;1-10(17)16-13-4-2-3-5-14(13)18-12-8-6-11(15)7-9-12;15-10-5-6-14-11(8-10)12(16)7-9-3-1-2-4-13(9)17-14;14-13-9-7-8(15)5-6-11(9)17-12-4-2-1-3-10(12)16-13;13-9-5-7-10(8-6-9)17-12-4-2-1-3-11(12)14(15)16;13-9-5-7-10(8-6-9)15-12-4-2-1-3-11(12)14;7-5-3-1-2-4-6(5)8(9)10;7-5-1-3-6(8)4-2-5;1-2-4-6-5-3-1;1-5(2,3)4/h2-3,6-9,12H,1,4-5,10-11H2;2-9H,1H3,(H,16,17);1-6,8H,7H2;1-7H;1-8H;1-8H,14H2;1-4H;1-4,8H;6H,1-5H2;. The summed E-state index contributed by atoms with van der Waals surface area (Å²) < 4.78 is 99.9. The number of amidine groups is 1. The second-order valence-electron chi connectivity index (χ2n) is 28.8. The van der Waals surface area contributed by atoms with Crippen LogP contribution in [0.1, 0.15) is 72.5 Å². The number of rotatable bonds is 9. The summed E-state index contributed by atoms with van der Waals surface area (Å²) in [5.41, 5.74) is 12.2. The summed E-state index contributed by atoms with van der Waals surface area (Å²) in [5.74, 6) is -1.08. The Morgan fingerprint density at radius 2 is 0.837 bits per heavy atom. The van der Waals surface area contributed by atoms with E-state index in [0.29, 0.717) is 27.6 Å². The number of halogens is 12. The predicted molar refractivity (Wildman–Crippen MR) is 543 cm³/mol. The topological polar surface area (TPSA) is 216 Å². The number of nitro groups is 2. The van der Waals surface area contributed by atoms with Crippen molar-refractivity contribution in [1.29, 1.82) is 0 Å². The summed E-state index contributed by atoms with van der Waals surface area (Å²) in [4.78, 5) is 66.6. The Bertz CT molecular complexity index is 6420. The summed E-state index contributed by atoms with van der Waals surface area (Å²) in [5, 5.41) is 24.3. The molecule has 2 fully saturated rings. The molecule has 0 spiro atoms. The smallest absolute Gasteiger partial charge is 0.339 e. The first-order valence-corrected chi connectivity index (χ1v) is 51.7. The van der Waals surface area contributed by atoms with Crippen molar-refractivity contribution in [2.24, 2.45) is 9.98 Å². The van der Waals surface area contributed by atoms with E-state index >= 15 is 0 Å². The molecule has 5 aliphatic heterocycles. The lowest BCUT2D eigenvalue weighted by Crippen LogP contribution is -2.36. The monoisotopic (exact) mass is 2070 g/mol. The van der Waals surface area contributed by atoms with Gasteiger partial charge in [-0.3, -0.25) is 34.4 Å². The highest BCUT2D eigenvalue weighted by Gasteiger charge is 2.26. The Morgan fingerprint density at radius 1 is 0.452 bits per heavy atom. The molecular weight excluding hydrogens is 1990 g/mol. The van der Waals surface area contributed by atoms with Crippen LogP contribution >= 0.6 is 145 Å². The van der Waals surface area contributed by atoms with Gasteiger partial charge in [0.25, 0.3) is 11.4 Å². The first kappa shape index (κ1) is 107. The molecule has 15 nitrogen and oxygen atoms in total. The van der Waals surface area contributed by atoms with E-state index in [0.717, 1.165) is 112 Å². The van der Waals surface area contributed by atoms with Crippen LogP contribution in [0.4, 0.5) is 64.9 Å². The molecule has 2 saturated heterocycles. The van der Waals surface area contributed by atoms with Crippen molar-refractivity contribution in [3.63, 3.8) is 0 Å². The van der Waals surface area contributed by atoms with Gasteiger partial charge in [-0.2, -0.15) is 0 Å². The third kappa shape index (κ3) is 36.5. The maximum absolute atomic E-state index is 13.8. The Kier molecular flexibility index (Phi) is 43.5. The van der Waals surface area contributed by atoms with E-state index in [1.807, 2.05) is 121 Å². The Balaban J connectivity index is 0.000000159. The van der Waals surface area contributed by atoms with Gasteiger partial charge in [-0.15, -0.1) is 12.6 Å². The fourth-order valence-corrected chi connectivity index (χ4v) is 18.9. The van der Waals surface area contributed by atoms with Gasteiger partial charge in [0.2, 0.25) is 5.91 Å². The van der Waals surface area contributed by atoms with Crippen molar-refractivity contribution >= 4 is 202 Å².